The molecular formula is C16H34N4O. The lowest BCUT2D eigenvalue weighted by molar-refractivity contribution is -0.126. The first-order chi connectivity index (χ1) is 9.91. The van der Waals surface area contributed by atoms with Crippen molar-refractivity contribution in [3.63, 3.8) is 0 Å². The highest BCUT2D eigenvalue weighted by Gasteiger charge is 2.41. The Balaban J connectivity index is 2.57. The van der Waals surface area contributed by atoms with Crippen LogP contribution in [0.2, 0.25) is 0 Å². The SMILES string of the molecule is CCCNC1(C(N)=O)CCCC(N(C)CCCN(C)C)C1. The van der Waals surface area contributed by atoms with Gasteiger partial charge in [-0.05, 0) is 79.3 Å². The van der Waals surface area contributed by atoms with Crippen LogP contribution in [0.4, 0.5) is 0 Å². The number of rotatable bonds is 9. The van der Waals surface area contributed by atoms with Gasteiger partial charge in [-0.1, -0.05) is 6.92 Å². The van der Waals surface area contributed by atoms with Gasteiger partial charge in [0.2, 0.25) is 5.91 Å². The van der Waals surface area contributed by atoms with E-state index in [-0.39, 0.29) is 5.91 Å². The summed E-state index contributed by atoms with van der Waals surface area (Å²) in [4.78, 5) is 16.6. The van der Waals surface area contributed by atoms with Gasteiger partial charge in [0.05, 0.1) is 5.54 Å². The number of hydrogen-bond acceptors (Lipinski definition) is 4. The van der Waals surface area contributed by atoms with Crippen molar-refractivity contribution in [1.29, 1.82) is 0 Å². The predicted octanol–water partition coefficient (Wildman–Crippen LogP) is 1.04. The normalized spacial score (nSPS) is 26.5. The van der Waals surface area contributed by atoms with E-state index >= 15 is 0 Å². The number of nitrogens with zero attached hydrogens (tertiary/aromatic N) is 2. The monoisotopic (exact) mass is 298 g/mol. The van der Waals surface area contributed by atoms with E-state index in [0.29, 0.717) is 6.04 Å². The quantitative estimate of drug-likeness (QED) is 0.667. The summed E-state index contributed by atoms with van der Waals surface area (Å²) in [7, 11) is 6.39. The molecule has 0 spiro atoms. The Hall–Kier alpha value is -0.650. The van der Waals surface area contributed by atoms with Crippen molar-refractivity contribution in [2.45, 2.75) is 57.0 Å². The first-order valence-electron chi connectivity index (χ1n) is 8.31. The Morgan fingerprint density at radius 3 is 2.62 bits per heavy atom. The molecule has 0 aromatic carbocycles. The van der Waals surface area contributed by atoms with Gasteiger partial charge >= 0.3 is 0 Å². The number of carbonyl (C=O) groups is 1. The molecule has 124 valence electrons. The van der Waals surface area contributed by atoms with Gasteiger partial charge < -0.3 is 20.9 Å². The van der Waals surface area contributed by atoms with Gasteiger partial charge in [0, 0.05) is 6.04 Å². The van der Waals surface area contributed by atoms with Gasteiger partial charge in [-0.15, -0.1) is 0 Å². The Labute approximate surface area is 130 Å². The molecule has 0 saturated heterocycles. The lowest BCUT2D eigenvalue weighted by Crippen LogP contribution is -2.60. The molecule has 5 nitrogen and oxygen atoms in total. The number of nitrogens with two attached hydrogens (primary N) is 1. The van der Waals surface area contributed by atoms with Crippen LogP contribution in [-0.4, -0.2) is 68.1 Å². The Morgan fingerprint density at radius 2 is 2.05 bits per heavy atom. The molecule has 1 aliphatic carbocycles. The van der Waals surface area contributed by atoms with Gasteiger partial charge in [-0.3, -0.25) is 4.79 Å². The Bertz CT molecular complexity index is 321. The minimum Gasteiger partial charge on any atom is -0.368 e. The average Bonchev–Trinajstić information content (AvgIpc) is 2.44. The summed E-state index contributed by atoms with van der Waals surface area (Å²) in [6, 6.07) is 0.456. The maximum Gasteiger partial charge on any atom is 0.237 e. The van der Waals surface area contributed by atoms with Crippen molar-refractivity contribution in [3.05, 3.63) is 0 Å². The molecule has 1 rings (SSSR count). The molecule has 0 bridgehead atoms. The Morgan fingerprint density at radius 1 is 1.33 bits per heavy atom. The third-order valence-electron chi connectivity index (χ3n) is 4.65. The molecule has 21 heavy (non-hydrogen) atoms. The summed E-state index contributed by atoms with van der Waals surface area (Å²) in [5.41, 5.74) is 5.23. The molecule has 3 N–H and O–H groups in total. The average molecular weight is 298 g/mol. The second-order valence-corrected chi connectivity index (χ2v) is 6.76. The second-order valence-electron chi connectivity index (χ2n) is 6.76. The van der Waals surface area contributed by atoms with Crippen LogP contribution in [0, 0.1) is 0 Å². The molecule has 1 aliphatic rings. The highest BCUT2D eigenvalue weighted by molar-refractivity contribution is 5.84. The van der Waals surface area contributed by atoms with Crippen molar-refractivity contribution in [3.8, 4) is 0 Å². The molecule has 5 heteroatoms. The molecule has 0 radical (unpaired) electrons. The first kappa shape index (κ1) is 18.4. The van der Waals surface area contributed by atoms with Crippen molar-refractivity contribution in [2.75, 3.05) is 40.8 Å². The van der Waals surface area contributed by atoms with Gasteiger partial charge in [-0.2, -0.15) is 0 Å². The van der Waals surface area contributed by atoms with Crippen LogP contribution in [-0.2, 0) is 4.79 Å². The lowest BCUT2D eigenvalue weighted by atomic mass is 9.77. The molecule has 2 unspecified atom stereocenters. The summed E-state index contributed by atoms with van der Waals surface area (Å²) in [6.45, 7) is 5.16. The fourth-order valence-corrected chi connectivity index (χ4v) is 3.28. The van der Waals surface area contributed by atoms with Crippen LogP contribution in [0.1, 0.15) is 45.4 Å². The van der Waals surface area contributed by atoms with Crippen LogP contribution in [0.15, 0.2) is 0 Å². The van der Waals surface area contributed by atoms with Gasteiger partial charge in [0.25, 0.3) is 0 Å². The molecule has 2 atom stereocenters. The van der Waals surface area contributed by atoms with E-state index in [1.165, 1.54) is 6.42 Å². The van der Waals surface area contributed by atoms with E-state index in [0.717, 1.165) is 51.7 Å². The topological polar surface area (TPSA) is 61.6 Å². The van der Waals surface area contributed by atoms with Gasteiger partial charge in [0.1, 0.15) is 0 Å². The standard InChI is InChI=1S/C16H34N4O/c1-5-10-18-16(15(17)21)9-6-8-14(13-16)20(4)12-7-11-19(2)3/h14,18H,5-13H2,1-4H3,(H2,17,21). The minimum atomic E-state index is -0.491. The highest BCUT2D eigenvalue weighted by atomic mass is 16.1. The van der Waals surface area contributed by atoms with E-state index < -0.39 is 5.54 Å². The van der Waals surface area contributed by atoms with E-state index in [1.54, 1.807) is 0 Å². The molecule has 0 aromatic rings. The highest BCUT2D eigenvalue weighted by Crippen LogP contribution is 2.31. The lowest BCUT2D eigenvalue weighted by Gasteiger charge is -2.42. The zero-order chi connectivity index (χ0) is 15.9. The third-order valence-corrected chi connectivity index (χ3v) is 4.65. The molecule has 0 heterocycles. The fourth-order valence-electron chi connectivity index (χ4n) is 3.28. The van der Waals surface area contributed by atoms with Gasteiger partial charge in [-0.25, -0.2) is 0 Å². The second kappa shape index (κ2) is 8.71. The van der Waals surface area contributed by atoms with Crippen LogP contribution in [0.25, 0.3) is 0 Å². The number of amides is 1. The smallest absolute Gasteiger partial charge is 0.237 e. The van der Waals surface area contributed by atoms with Crippen molar-refractivity contribution in [2.24, 2.45) is 5.73 Å². The van der Waals surface area contributed by atoms with Crippen LogP contribution in [0.3, 0.4) is 0 Å². The zero-order valence-corrected chi connectivity index (χ0v) is 14.3. The van der Waals surface area contributed by atoms with Crippen LogP contribution in [0.5, 0.6) is 0 Å². The zero-order valence-electron chi connectivity index (χ0n) is 14.3. The Kier molecular flexibility index (Phi) is 7.63. The van der Waals surface area contributed by atoms with Crippen molar-refractivity contribution >= 4 is 5.91 Å². The summed E-state index contributed by atoms with van der Waals surface area (Å²) in [5.74, 6) is -0.178. The maximum atomic E-state index is 12.0. The van der Waals surface area contributed by atoms with E-state index in [9.17, 15) is 4.79 Å². The summed E-state index contributed by atoms with van der Waals surface area (Å²) < 4.78 is 0. The third kappa shape index (κ3) is 5.57. The van der Waals surface area contributed by atoms with Gasteiger partial charge in [0.15, 0.2) is 0 Å². The number of nitrogens with one attached hydrogen (secondary N) is 1. The summed E-state index contributed by atoms with van der Waals surface area (Å²) in [5, 5.41) is 3.43. The number of hydrogen-bond donors (Lipinski definition) is 2. The minimum absolute atomic E-state index is 0.178. The number of primary amides is 1. The van der Waals surface area contributed by atoms with E-state index in [4.69, 9.17) is 5.73 Å². The molecule has 0 aromatic heterocycles. The molecule has 1 fully saturated rings. The van der Waals surface area contributed by atoms with E-state index in [1.807, 2.05) is 0 Å². The molecular weight excluding hydrogens is 264 g/mol. The van der Waals surface area contributed by atoms with Crippen LogP contribution < -0.4 is 11.1 Å². The molecule has 0 aliphatic heterocycles. The molecule has 1 amide bonds. The summed E-state index contributed by atoms with van der Waals surface area (Å²) >= 11 is 0. The number of carbonyl (C=O) groups excluding carboxylic acids is 1. The summed E-state index contributed by atoms with van der Waals surface area (Å²) in [6.07, 6.45) is 6.15. The van der Waals surface area contributed by atoms with Crippen molar-refractivity contribution in [1.82, 2.24) is 15.1 Å². The molecule has 1 saturated carbocycles. The maximum absolute atomic E-state index is 12.0. The first-order valence-corrected chi connectivity index (χ1v) is 8.31. The van der Waals surface area contributed by atoms with Crippen LogP contribution >= 0.6 is 0 Å². The van der Waals surface area contributed by atoms with Crippen molar-refractivity contribution < 1.29 is 4.79 Å². The largest absolute Gasteiger partial charge is 0.368 e. The van der Waals surface area contributed by atoms with E-state index in [2.05, 4.69) is 43.2 Å². The predicted molar refractivity (Wildman–Crippen MR) is 88.3 cm³/mol. The fraction of sp³-hybridized carbons (Fsp3) is 0.938.